The number of benzene rings is 2. The van der Waals surface area contributed by atoms with Crippen molar-refractivity contribution in [2.45, 2.75) is 38.5 Å². The summed E-state index contributed by atoms with van der Waals surface area (Å²) in [6.07, 6.45) is 1.57. The van der Waals surface area contributed by atoms with Gasteiger partial charge in [0.25, 0.3) is 0 Å². The number of carbonyl (C=O) groups is 1. The van der Waals surface area contributed by atoms with Crippen LogP contribution in [0, 0.1) is 0 Å². The Bertz CT molecular complexity index is 854. The predicted molar refractivity (Wildman–Crippen MR) is 120 cm³/mol. The molecule has 1 heterocycles. The van der Waals surface area contributed by atoms with E-state index in [0.29, 0.717) is 24.0 Å². The van der Waals surface area contributed by atoms with Crippen molar-refractivity contribution in [2.75, 3.05) is 31.6 Å². The largest absolute Gasteiger partial charge is 0.508 e. The summed E-state index contributed by atoms with van der Waals surface area (Å²) in [6.45, 7) is 5.28. The summed E-state index contributed by atoms with van der Waals surface area (Å²) in [4.78, 5) is 12.9. The third-order valence-electron chi connectivity index (χ3n) is 5.55. The van der Waals surface area contributed by atoms with Crippen molar-refractivity contribution in [3.05, 3.63) is 53.1 Å². The molecular formula is C23H32ClN3O4+2. The fraction of sp³-hybridized carbons (Fsp3) is 0.435. The summed E-state index contributed by atoms with van der Waals surface area (Å²) >= 11 is 5.96. The Hall–Kier alpha value is -2.32. The van der Waals surface area contributed by atoms with Crippen molar-refractivity contribution in [3.8, 4) is 11.5 Å². The lowest BCUT2D eigenvalue weighted by Gasteiger charge is -2.28. The molecule has 2 aromatic rings. The van der Waals surface area contributed by atoms with Crippen molar-refractivity contribution in [3.63, 3.8) is 0 Å². The van der Waals surface area contributed by atoms with Crippen LogP contribution >= 0.6 is 11.6 Å². The lowest BCUT2D eigenvalue weighted by atomic mass is 10.0. The average molecular weight is 450 g/mol. The summed E-state index contributed by atoms with van der Waals surface area (Å²) in [6, 6.07) is 13.0. The normalized spacial score (nSPS) is 19.6. The molecule has 0 bridgehead atoms. The number of phenols is 1. The van der Waals surface area contributed by atoms with Gasteiger partial charge in [0.1, 0.15) is 37.3 Å². The van der Waals surface area contributed by atoms with Crippen LogP contribution in [0.1, 0.15) is 25.3 Å². The van der Waals surface area contributed by atoms with Gasteiger partial charge in [-0.05, 0) is 24.3 Å². The number of amides is 1. The lowest BCUT2D eigenvalue weighted by molar-refractivity contribution is -0.926. The molecule has 3 rings (SSSR count). The van der Waals surface area contributed by atoms with Gasteiger partial charge >= 0.3 is 0 Å². The summed E-state index contributed by atoms with van der Waals surface area (Å²) in [5.74, 6) is 0.153. The van der Waals surface area contributed by atoms with Gasteiger partial charge in [-0.2, -0.15) is 0 Å². The quantitative estimate of drug-likeness (QED) is 0.361. The number of nitrogens with two attached hydrogens (primary N) is 1. The Morgan fingerprint density at radius 1 is 1.26 bits per heavy atom. The molecule has 8 heteroatoms. The van der Waals surface area contributed by atoms with Crippen LogP contribution in [0.5, 0.6) is 11.5 Å². The minimum absolute atomic E-state index is 0.0398. The summed E-state index contributed by atoms with van der Waals surface area (Å²) < 4.78 is 5.65. The number of aliphatic hydroxyl groups excluding tert-OH is 1. The zero-order valence-corrected chi connectivity index (χ0v) is 18.6. The number of ether oxygens (including phenoxy) is 1. The molecule has 31 heavy (non-hydrogen) atoms. The number of anilines is 1. The molecule has 168 valence electrons. The Morgan fingerprint density at radius 3 is 2.65 bits per heavy atom. The molecular weight excluding hydrogens is 418 g/mol. The van der Waals surface area contributed by atoms with Crippen molar-refractivity contribution in [1.29, 1.82) is 0 Å². The first-order valence-electron chi connectivity index (χ1n) is 10.7. The second kappa shape index (κ2) is 11.3. The fourth-order valence-electron chi connectivity index (χ4n) is 3.88. The van der Waals surface area contributed by atoms with E-state index >= 15 is 0 Å². The van der Waals surface area contributed by atoms with Crippen LogP contribution in [0.3, 0.4) is 0 Å². The number of carbonyl (C=O) groups excluding carboxylic acids is 1. The third kappa shape index (κ3) is 7.70. The second-order valence-corrected chi connectivity index (χ2v) is 8.62. The molecule has 0 aromatic heterocycles. The molecule has 0 saturated carbocycles. The molecule has 1 amide bonds. The second-order valence-electron chi connectivity index (χ2n) is 8.19. The molecule has 7 nitrogen and oxygen atoms in total. The number of likely N-dealkylation sites (tertiary alicyclic amines) is 1. The molecule has 1 atom stereocenters. The van der Waals surface area contributed by atoms with Crippen molar-refractivity contribution < 1.29 is 30.0 Å². The SMILES string of the molecule is CC(=O)Nc1ccc(O)cc1OC[C@@H](O)C[NH2+]C1CC[NH+](Cc2ccc(Cl)cc2)CC1. The van der Waals surface area contributed by atoms with Crippen molar-refractivity contribution >= 4 is 23.2 Å². The number of aliphatic hydroxyl groups is 1. The number of halogens is 1. The number of aromatic hydroxyl groups is 1. The number of hydrogen-bond acceptors (Lipinski definition) is 4. The Kier molecular flexibility index (Phi) is 8.54. The zero-order valence-electron chi connectivity index (χ0n) is 17.8. The fourth-order valence-corrected chi connectivity index (χ4v) is 4.00. The smallest absolute Gasteiger partial charge is 0.221 e. The van der Waals surface area contributed by atoms with Crippen LogP contribution < -0.4 is 20.3 Å². The first-order valence-corrected chi connectivity index (χ1v) is 11.1. The molecule has 6 N–H and O–H groups in total. The van der Waals surface area contributed by atoms with E-state index in [0.717, 1.165) is 37.5 Å². The summed E-state index contributed by atoms with van der Waals surface area (Å²) in [5.41, 5.74) is 1.78. The Morgan fingerprint density at radius 2 is 1.97 bits per heavy atom. The Balaban J connectivity index is 1.38. The van der Waals surface area contributed by atoms with E-state index in [1.165, 1.54) is 24.6 Å². The van der Waals surface area contributed by atoms with Crippen molar-refractivity contribution in [2.24, 2.45) is 0 Å². The topological polar surface area (TPSA) is 99.8 Å². The minimum Gasteiger partial charge on any atom is -0.508 e. The molecule has 0 aliphatic carbocycles. The van der Waals surface area contributed by atoms with Crippen LogP contribution in [0.25, 0.3) is 0 Å². The van der Waals surface area contributed by atoms with Crippen LogP contribution in [-0.4, -0.2) is 54.5 Å². The maximum atomic E-state index is 11.3. The molecule has 1 aliphatic rings. The first kappa shape index (κ1) is 23.3. The molecule has 0 unspecified atom stereocenters. The van der Waals surface area contributed by atoms with Gasteiger partial charge in [0, 0.05) is 36.4 Å². The number of rotatable bonds is 9. The van der Waals surface area contributed by atoms with Crippen LogP contribution in [0.2, 0.25) is 5.02 Å². The zero-order chi connectivity index (χ0) is 22.2. The third-order valence-corrected chi connectivity index (χ3v) is 5.81. The van der Waals surface area contributed by atoms with Crippen LogP contribution in [-0.2, 0) is 11.3 Å². The number of quaternary nitrogens is 2. The van der Waals surface area contributed by atoms with Gasteiger partial charge in [-0.15, -0.1) is 0 Å². The molecule has 1 aliphatic heterocycles. The molecule has 1 fully saturated rings. The van der Waals surface area contributed by atoms with Gasteiger partial charge in [-0.3, -0.25) is 4.79 Å². The predicted octanol–water partition coefficient (Wildman–Crippen LogP) is 0.555. The van der Waals surface area contributed by atoms with Crippen LogP contribution in [0.4, 0.5) is 5.69 Å². The average Bonchev–Trinajstić information content (AvgIpc) is 2.74. The van der Waals surface area contributed by atoms with E-state index in [1.807, 2.05) is 12.1 Å². The highest BCUT2D eigenvalue weighted by Gasteiger charge is 2.25. The van der Waals surface area contributed by atoms with Crippen molar-refractivity contribution in [1.82, 2.24) is 0 Å². The number of hydrogen-bond donors (Lipinski definition) is 5. The van der Waals surface area contributed by atoms with E-state index in [4.69, 9.17) is 16.3 Å². The molecule has 0 spiro atoms. The number of piperidine rings is 1. The van der Waals surface area contributed by atoms with E-state index in [-0.39, 0.29) is 18.3 Å². The minimum atomic E-state index is -0.646. The number of phenolic OH excluding ortho intramolecular Hbond substituents is 1. The molecule has 1 saturated heterocycles. The highest BCUT2D eigenvalue weighted by molar-refractivity contribution is 6.30. The van der Waals surface area contributed by atoms with Gasteiger partial charge in [-0.1, -0.05) is 23.7 Å². The van der Waals surface area contributed by atoms with Gasteiger partial charge in [0.05, 0.1) is 24.8 Å². The number of nitrogens with one attached hydrogen (secondary N) is 2. The van der Waals surface area contributed by atoms with Gasteiger partial charge in [0.15, 0.2) is 0 Å². The molecule has 0 radical (unpaired) electrons. The molecule has 2 aromatic carbocycles. The van der Waals surface area contributed by atoms with Gasteiger partial charge in [-0.25, -0.2) is 0 Å². The van der Waals surface area contributed by atoms with Gasteiger partial charge < -0.3 is 30.5 Å². The highest BCUT2D eigenvalue weighted by atomic mass is 35.5. The van der Waals surface area contributed by atoms with E-state index < -0.39 is 6.10 Å². The summed E-state index contributed by atoms with van der Waals surface area (Å²) in [7, 11) is 0. The monoisotopic (exact) mass is 449 g/mol. The lowest BCUT2D eigenvalue weighted by Crippen LogP contribution is -3.13. The van der Waals surface area contributed by atoms with E-state index in [9.17, 15) is 15.0 Å². The highest BCUT2D eigenvalue weighted by Crippen LogP contribution is 2.28. The van der Waals surface area contributed by atoms with E-state index in [2.05, 4.69) is 22.8 Å². The van der Waals surface area contributed by atoms with E-state index in [1.54, 1.807) is 11.0 Å². The maximum absolute atomic E-state index is 11.3. The van der Waals surface area contributed by atoms with Crippen LogP contribution in [0.15, 0.2) is 42.5 Å². The standard InChI is InChI=1S/C23H30ClN3O4/c1-16(28)26-22-7-6-20(29)12-23(22)31-15-21(30)13-25-19-8-10-27(11-9-19)14-17-2-4-18(24)5-3-17/h2-7,12,19,21,25,29-30H,8-11,13-15H2,1H3,(H,26,28)/p+2/t21-/m0/s1. The Labute approximate surface area is 188 Å². The van der Waals surface area contributed by atoms with Gasteiger partial charge in [0.2, 0.25) is 5.91 Å². The summed E-state index contributed by atoms with van der Waals surface area (Å²) in [5, 5.41) is 25.6. The maximum Gasteiger partial charge on any atom is 0.221 e. The first-order chi connectivity index (χ1) is 14.9.